The first-order chi connectivity index (χ1) is 5.56. The first-order valence-corrected chi connectivity index (χ1v) is 4.52. The zero-order chi connectivity index (χ0) is 9.56. The first-order valence-electron chi connectivity index (χ1n) is 4.52. The molecule has 0 heterocycles. The van der Waals surface area contributed by atoms with Crippen molar-refractivity contribution in [3.63, 3.8) is 0 Å². The highest BCUT2D eigenvalue weighted by Gasteiger charge is 1.90. The minimum absolute atomic E-state index is 0.385. The molecule has 0 radical (unpaired) electrons. The minimum Gasteiger partial charge on any atom is -0.389 e. The summed E-state index contributed by atoms with van der Waals surface area (Å²) in [5.74, 6) is 0. The molecule has 2 heteroatoms. The molecule has 0 aliphatic heterocycles. The molecule has 0 aliphatic rings. The van der Waals surface area contributed by atoms with Crippen molar-refractivity contribution < 1.29 is 0 Å². The lowest BCUT2D eigenvalue weighted by Gasteiger charge is -2.03. The van der Waals surface area contributed by atoms with Gasteiger partial charge in [-0.15, -0.1) is 0 Å². The van der Waals surface area contributed by atoms with Gasteiger partial charge >= 0.3 is 0 Å². The Balaban J connectivity index is 4.12. The molecule has 0 aromatic heterocycles. The average molecular weight is 168 g/mol. The van der Waals surface area contributed by atoms with Crippen LogP contribution in [0.3, 0.4) is 0 Å². The van der Waals surface area contributed by atoms with E-state index in [9.17, 15) is 0 Å². The van der Waals surface area contributed by atoms with Crippen LogP contribution in [0.15, 0.2) is 16.8 Å². The second kappa shape index (κ2) is 5.81. The summed E-state index contributed by atoms with van der Waals surface area (Å²) in [7, 11) is 0. The van der Waals surface area contributed by atoms with Gasteiger partial charge in [-0.05, 0) is 40.7 Å². The third-order valence-corrected chi connectivity index (χ3v) is 1.34. The second-order valence-corrected chi connectivity index (χ2v) is 3.22. The predicted octanol–water partition coefficient (Wildman–Crippen LogP) is 2.37. The maximum Gasteiger partial charge on any atom is 0.0446 e. The Morgan fingerprint density at radius 2 is 2.00 bits per heavy atom. The highest BCUT2D eigenvalue weighted by atomic mass is 14.9. The molecule has 1 N–H and O–H groups in total. The van der Waals surface area contributed by atoms with Crippen LogP contribution in [0.25, 0.3) is 0 Å². The largest absolute Gasteiger partial charge is 0.389 e. The number of hydrogen-bond acceptors (Lipinski definition) is 2. The Morgan fingerprint density at radius 3 is 2.42 bits per heavy atom. The van der Waals surface area contributed by atoms with Gasteiger partial charge in [-0.1, -0.05) is 0 Å². The van der Waals surface area contributed by atoms with Crippen molar-refractivity contribution >= 4 is 5.71 Å². The van der Waals surface area contributed by atoms with Gasteiger partial charge in [0, 0.05) is 24.0 Å². The number of rotatable bonds is 4. The van der Waals surface area contributed by atoms with E-state index in [2.05, 4.69) is 44.1 Å². The molecule has 0 saturated heterocycles. The Hall–Kier alpha value is -0.790. The smallest absolute Gasteiger partial charge is 0.0446 e. The molecule has 0 bridgehead atoms. The molecule has 0 unspecified atom stereocenters. The van der Waals surface area contributed by atoms with E-state index >= 15 is 0 Å². The molecular formula is C10H20N2. The van der Waals surface area contributed by atoms with Crippen molar-refractivity contribution in [3.05, 3.63) is 11.8 Å². The first kappa shape index (κ1) is 11.2. The fraction of sp³-hybridized carbons (Fsp3) is 0.700. The standard InChI is InChI=1S/C10H20N2/c1-6-11-9(4)7-10(5)12-8(2)3/h7-8,11H,6H2,1-5H3. The number of nitrogens with zero attached hydrogens (tertiary/aromatic N) is 1. The van der Waals surface area contributed by atoms with Crippen LogP contribution in [0.2, 0.25) is 0 Å². The van der Waals surface area contributed by atoms with Crippen molar-refractivity contribution in [1.29, 1.82) is 0 Å². The van der Waals surface area contributed by atoms with E-state index in [1.54, 1.807) is 0 Å². The maximum atomic E-state index is 4.40. The summed E-state index contributed by atoms with van der Waals surface area (Å²) in [5.41, 5.74) is 2.27. The van der Waals surface area contributed by atoms with Gasteiger partial charge < -0.3 is 5.32 Å². The topological polar surface area (TPSA) is 24.4 Å². The molecule has 0 saturated carbocycles. The van der Waals surface area contributed by atoms with Gasteiger partial charge in [0.05, 0.1) is 0 Å². The van der Waals surface area contributed by atoms with E-state index < -0.39 is 0 Å². The van der Waals surface area contributed by atoms with Crippen LogP contribution < -0.4 is 5.32 Å². The number of allylic oxidation sites excluding steroid dienone is 2. The van der Waals surface area contributed by atoms with Gasteiger partial charge in [0.1, 0.15) is 0 Å². The lowest BCUT2D eigenvalue weighted by atomic mass is 10.3. The summed E-state index contributed by atoms with van der Waals surface area (Å²) >= 11 is 0. The van der Waals surface area contributed by atoms with Gasteiger partial charge in [-0.2, -0.15) is 0 Å². The highest BCUT2D eigenvalue weighted by molar-refractivity contribution is 5.93. The molecular weight excluding hydrogens is 148 g/mol. The molecule has 0 aromatic rings. The van der Waals surface area contributed by atoms with Gasteiger partial charge in [0.15, 0.2) is 0 Å². The van der Waals surface area contributed by atoms with Crippen molar-refractivity contribution in [2.45, 2.75) is 40.7 Å². The predicted molar refractivity (Wildman–Crippen MR) is 55.7 cm³/mol. The van der Waals surface area contributed by atoms with E-state index in [0.29, 0.717) is 6.04 Å². The van der Waals surface area contributed by atoms with E-state index in [0.717, 1.165) is 12.3 Å². The van der Waals surface area contributed by atoms with Crippen LogP contribution in [0.4, 0.5) is 0 Å². The maximum absolute atomic E-state index is 4.40. The monoisotopic (exact) mass is 168 g/mol. The summed E-state index contributed by atoms with van der Waals surface area (Å²) in [6.45, 7) is 11.3. The van der Waals surface area contributed by atoms with Gasteiger partial charge in [-0.3, -0.25) is 4.99 Å². The van der Waals surface area contributed by atoms with Crippen molar-refractivity contribution in [2.75, 3.05) is 6.54 Å². The zero-order valence-corrected chi connectivity index (χ0v) is 8.81. The molecule has 2 nitrogen and oxygen atoms in total. The molecule has 12 heavy (non-hydrogen) atoms. The third-order valence-electron chi connectivity index (χ3n) is 1.34. The van der Waals surface area contributed by atoms with E-state index in [1.165, 1.54) is 5.70 Å². The summed E-state index contributed by atoms with van der Waals surface area (Å²) in [6.07, 6.45) is 2.07. The molecule has 0 atom stereocenters. The van der Waals surface area contributed by atoms with Crippen LogP contribution in [0.5, 0.6) is 0 Å². The van der Waals surface area contributed by atoms with Gasteiger partial charge in [-0.25, -0.2) is 0 Å². The van der Waals surface area contributed by atoms with Crippen molar-refractivity contribution in [1.82, 2.24) is 5.32 Å². The fourth-order valence-corrected chi connectivity index (χ4v) is 1.09. The Labute approximate surface area is 75.8 Å². The molecule has 0 aromatic carbocycles. The quantitative estimate of drug-likeness (QED) is 0.640. The van der Waals surface area contributed by atoms with Crippen LogP contribution in [-0.2, 0) is 0 Å². The zero-order valence-electron chi connectivity index (χ0n) is 8.81. The summed E-state index contributed by atoms with van der Waals surface area (Å²) in [4.78, 5) is 4.40. The summed E-state index contributed by atoms with van der Waals surface area (Å²) in [5, 5.41) is 3.23. The summed E-state index contributed by atoms with van der Waals surface area (Å²) < 4.78 is 0. The van der Waals surface area contributed by atoms with Crippen molar-refractivity contribution in [2.24, 2.45) is 4.99 Å². The van der Waals surface area contributed by atoms with E-state index in [4.69, 9.17) is 0 Å². The van der Waals surface area contributed by atoms with Crippen LogP contribution in [0.1, 0.15) is 34.6 Å². The molecule has 0 fully saturated rings. The molecule has 0 rings (SSSR count). The minimum atomic E-state index is 0.385. The molecule has 0 amide bonds. The highest BCUT2D eigenvalue weighted by Crippen LogP contribution is 1.93. The number of aliphatic imine (C=N–C) groups is 1. The third kappa shape index (κ3) is 5.96. The SMILES string of the molecule is CCNC(C)=CC(C)=NC(C)C. The average Bonchev–Trinajstić information content (AvgIpc) is 1.84. The van der Waals surface area contributed by atoms with E-state index in [-0.39, 0.29) is 0 Å². The van der Waals surface area contributed by atoms with Crippen LogP contribution >= 0.6 is 0 Å². The number of hydrogen-bond donors (Lipinski definition) is 1. The molecule has 0 aliphatic carbocycles. The van der Waals surface area contributed by atoms with E-state index in [1.807, 2.05) is 6.92 Å². The molecule has 0 spiro atoms. The normalized spacial score (nSPS) is 13.8. The summed E-state index contributed by atoms with van der Waals surface area (Å²) in [6, 6.07) is 0.385. The fourth-order valence-electron chi connectivity index (χ4n) is 1.09. The Kier molecular flexibility index (Phi) is 5.43. The molecule has 70 valence electrons. The van der Waals surface area contributed by atoms with Crippen molar-refractivity contribution in [3.8, 4) is 0 Å². The second-order valence-electron chi connectivity index (χ2n) is 3.22. The van der Waals surface area contributed by atoms with Crippen LogP contribution in [-0.4, -0.2) is 18.3 Å². The Bertz CT molecular complexity index is 178. The van der Waals surface area contributed by atoms with Gasteiger partial charge in [0.25, 0.3) is 0 Å². The lowest BCUT2D eigenvalue weighted by Crippen LogP contribution is -2.10. The van der Waals surface area contributed by atoms with Gasteiger partial charge in [0.2, 0.25) is 0 Å². The number of nitrogens with one attached hydrogen (secondary N) is 1. The Morgan fingerprint density at radius 1 is 1.42 bits per heavy atom. The lowest BCUT2D eigenvalue weighted by molar-refractivity contribution is 0.832. The van der Waals surface area contributed by atoms with Crippen LogP contribution in [0, 0.1) is 0 Å².